The summed E-state index contributed by atoms with van der Waals surface area (Å²) in [6.45, 7) is 3.55. The van der Waals surface area contributed by atoms with Crippen LogP contribution >= 0.6 is 0 Å². The number of hydrogen-bond acceptors (Lipinski definition) is 5. The van der Waals surface area contributed by atoms with Gasteiger partial charge in [-0.3, -0.25) is 18.7 Å². The molecule has 1 saturated carbocycles. The number of nitrogens with one attached hydrogen (secondary N) is 1. The predicted molar refractivity (Wildman–Crippen MR) is 126 cm³/mol. The SMILES string of the molecule is CC1CCC(NS(=O)(=O)c2ccc3c(c2)c(=O)n(CCC(=O)N2CCCC2)c(=O)n3C)CC1. The summed E-state index contributed by atoms with van der Waals surface area (Å²) >= 11 is 0. The first-order valence-corrected chi connectivity index (χ1v) is 13.2. The highest BCUT2D eigenvalue weighted by atomic mass is 32.2. The molecule has 1 aromatic heterocycles. The number of nitrogens with zero attached hydrogens (tertiary/aromatic N) is 3. The van der Waals surface area contributed by atoms with E-state index in [0.717, 1.165) is 43.1 Å². The van der Waals surface area contributed by atoms with Crippen LogP contribution in [0.1, 0.15) is 51.9 Å². The van der Waals surface area contributed by atoms with Crippen LogP contribution in [0.4, 0.5) is 0 Å². The Morgan fingerprint density at radius 3 is 2.42 bits per heavy atom. The van der Waals surface area contributed by atoms with Gasteiger partial charge in [0.1, 0.15) is 0 Å². The van der Waals surface area contributed by atoms with Crippen LogP contribution in [0.15, 0.2) is 32.7 Å². The second-order valence-corrected chi connectivity index (χ2v) is 11.1. The van der Waals surface area contributed by atoms with Crippen molar-refractivity contribution in [3.05, 3.63) is 39.0 Å². The molecule has 2 heterocycles. The molecule has 4 rings (SSSR count). The number of aryl methyl sites for hydroxylation is 1. The molecule has 1 N–H and O–H groups in total. The molecular weight excluding hydrogens is 444 g/mol. The van der Waals surface area contributed by atoms with Gasteiger partial charge >= 0.3 is 5.69 Å². The van der Waals surface area contributed by atoms with Crippen molar-refractivity contribution < 1.29 is 13.2 Å². The van der Waals surface area contributed by atoms with Gasteiger partial charge in [0.15, 0.2) is 0 Å². The van der Waals surface area contributed by atoms with Gasteiger partial charge in [-0.2, -0.15) is 0 Å². The highest BCUT2D eigenvalue weighted by Gasteiger charge is 2.25. The van der Waals surface area contributed by atoms with Crippen molar-refractivity contribution in [2.24, 2.45) is 13.0 Å². The van der Waals surface area contributed by atoms with Gasteiger partial charge in [0.25, 0.3) is 5.56 Å². The summed E-state index contributed by atoms with van der Waals surface area (Å²) in [5, 5.41) is 0.144. The zero-order chi connectivity index (χ0) is 23.8. The standard InChI is InChI=1S/C23H32N4O5S/c1-16-5-7-17(8-6-16)24-33(31,32)18-9-10-20-19(15-18)22(29)27(23(30)25(20)2)14-11-21(28)26-12-3-4-13-26/h9-10,15-17,24H,3-8,11-14H2,1-2H3. The van der Waals surface area contributed by atoms with E-state index < -0.39 is 21.3 Å². The lowest BCUT2D eigenvalue weighted by Crippen LogP contribution is -2.41. The minimum Gasteiger partial charge on any atom is -0.343 e. The van der Waals surface area contributed by atoms with E-state index in [0.29, 0.717) is 24.5 Å². The van der Waals surface area contributed by atoms with Gasteiger partial charge in [-0.15, -0.1) is 0 Å². The van der Waals surface area contributed by atoms with Gasteiger partial charge in [-0.1, -0.05) is 6.92 Å². The molecule has 10 heteroatoms. The lowest BCUT2D eigenvalue weighted by molar-refractivity contribution is -0.130. The number of sulfonamides is 1. The van der Waals surface area contributed by atoms with Gasteiger partial charge in [-0.05, 0) is 62.6 Å². The Bertz CT molecular complexity index is 1270. The molecule has 33 heavy (non-hydrogen) atoms. The molecular formula is C23H32N4O5S. The number of likely N-dealkylation sites (tertiary alicyclic amines) is 1. The number of rotatable bonds is 6. The molecule has 9 nitrogen and oxygen atoms in total. The predicted octanol–water partition coefficient (Wildman–Crippen LogP) is 1.57. The first-order valence-electron chi connectivity index (χ1n) is 11.7. The van der Waals surface area contributed by atoms with E-state index in [4.69, 9.17) is 0 Å². The van der Waals surface area contributed by atoms with E-state index in [-0.39, 0.29) is 35.2 Å². The van der Waals surface area contributed by atoms with Crippen LogP contribution in [0.2, 0.25) is 0 Å². The van der Waals surface area contributed by atoms with Crippen molar-refractivity contribution in [2.75, 3.05) is 13.1 Å². The molecule has 1 aliphatic carbocycles. The van der Waals surface area contributed by atoms with Crippen LogP contribution < -0.4 is 16.0 Å². The molecule has 0 radical (unpaired) electrons. The van der Waals surface area contributed by atoms with Crippen LogP contribution in [0.3, 0.4) is 0 Å². The highest BCUT2D eigenvalue weighted by Crippen LogP contribution is 2.25. The minimum atomic E-state index is -3.80. The fourth-order valence-electron chi connectivity index (χ4n) is 4.86. The van der Waals surface area contributed by atoms with Crippen molar-refractivity contribution in [3.8, 4) is 0 Å². The zero-order valence-electron chi connectivity index (χ0n) is 19.2. The average molecular weight is 477 g/mol. The lowest BCUT2D eigenvalue weighted by atomic mass is 9.88. The molecule has 2 aromatic rings. The molecule has 0 bridgehead atoms. The van der Waals surface area contributed by atoms with E-state index in [1.54, 1.807) is 11.9 Å². The zero-order valence-corrected chi connectivity index (χ0v) is 20.1. The molecule has 0 spiro atoms. The van der Waals surface area contributed by atoms with E-state index in [1.165, 1.54) is 22.8 Å². The van der Waals surface area contributed by atoms with Gasteiger partial charge in [-0.25, -0.2) is 17.9 Å². The molecule has 1 aliphatic heterocycles. The smallest absolute Gasteiger partial charge is 0.331 e. The average Bonchev–Trinajstić information content (AvgIpc) is 3.33. The molecule has 1 amide bonds. The minimum absolute atomic E-state index is 0.00376. The Kier molecular flexibility index (Phi) is 6.76. The third-order valence-corrected chi connectivity index (χ3v) is 8.50. The van der Waals surface area contributed by atoms with Crippen molar-refractivity contribution in [1.82, 2.24) is 18.8 Å². The van der Waals surface area contributed by atoms with Crippen molar-refractivity contribution >= 4 is 26.8 Å². The Morgan fingerprint density at radius 1 is 1.09 bits per heavy atom. The van der Waals surface area contributed by atoms with Gasteiger partial charge in [0.05, 0.1) is 15.8 Å². The number of benzene rings is 1. The Labute approximate surface area is 193 Å². The first kappa shape index (κ1) is 23.7. The maximum absolute atomic E-state index is 13.2. The summed E-state index contributed by atoms with van der Waals surface area (Å²) in [6.07, 6.45) is 5.53. The number of carbonyl (C=O) groups excluding carboxylic acids is 1. The summed E-state index contributed by atoms with van der Waals surface area (Å²) in [7, 11) is -2.26. The molecule has 0 atom stereocenters. The number of aromatic nitrogens is 2. The number of fused-ring (bicyclic) bond motifs is 1. The first-order chi connectivity index (χ1) is 15.7. The Morgan fingerprint density at radius 2 is 1.76 bits per heavy atom. The fraction of sp³-hybridized carbons (Fsp3) is 0.609. The maximum atomic E-state index is 13.2. The van der Waals surface area contributed by atoms with Crippen LogP contribution in [-0.4, -0.2) is 47.5 Å². The lowest BCUT2D eigenvalue weighted by Gasteiger charge is -2.26. The van der Waals surface area contributed by atoms with Crippen molar-refractivity contribution in [1.29, 1.82) is 0 Å². The summed E-state index contributed by atoms with van der Waals surface area (Å²) in [6, 6.07) is 4.14. The third-order valence-electron chi connectivity index (χ3n) is 6.98. The highest BCUT2D eigenvalue weighted by molar-refractivity contribution is 7.89. The van der Waals surface area contributed by atoms with Crippen LogP contribution in [-0.2, 0) is 28.4 Å². The van der Waals surface area contributed by atoms with Gasteiger partial charge < -0.3 is 4.90 Å². The molecule has 2 aliphatic rings. The van der Waals surface area contributed by atoms with E-state index in [2.05, 4.69) is 11.6 Å². The fourth-order valence-corrected chi connectivity index (χ4v) is 6.19. The van der Waals surface area contributed by atoms with Crippen LogP contribution in [0.25, 0.3) is 10.9 Å². The Hall–Kier alpha value is -2.46. The Balaban J connectivity index is 1.63. The molecule has 2 fully saturated rings. The van der Waals surface area contributed by atoms with E-state index >= 15 is 0 Å². The second kappa shape index (κ2) is 9.42. The number of amides is 1. The van der Waals surface area contributed by atoms with Crippen LogP contribution in [0, 0.1) is 5.92 Å². The topological polar surface area (TPSA) is 110 Å². The summed E-state index contributed by atoms with van der Waals surface area (Å²) in [4.78, 5) is 40.1. The number of carbonyl (C=O) groups is 1. The van der Waals surface area contributed by atoms with Crippen LogP contribution in [0.5, 0.6) is 0 Å². The van der Waals surface area contributed by atoms with Gasteiger partial charge in [0, 0.05) is 39.1 Å². The van der Waals surface area contributed by atoms with E-state index in [9.17, 15) is 22.8 Å². The molecule has 1 saturated heterocycles. The number of hydrogen-bond donors (Lipinski definition) is 1. The maximum Gasteiger partial charge on any atom is 0.331 e. The largest absolute Gasteiger partial charge is 0.343 e. The monoisotopic (exact) mass is 476 g/mol. The van der Waals surface area contributed by atoms with Crippen molar-refractivity contribution in [3.63, 3.8) is 0 Å². The quantitative estimate of drug-likeness (QED) is 0.680. The van der Waals surface area contributed by atoms with E-state index in [1.807, 2.05) is 0 Å². The van der Waals surface area contributed by atoms with Gasteiger partial charge in [0.2, 0.25) is 15.9 Å². The summed E-state index contributed by atoms with van der Waals surface area (Å²) in [5.74, 6) is 0.521. The normalized spacial score (nSPS) is 21.6. The van der Waals surface area contributed by atoms with Crippen molar-refractivity contribution in [2.45, 2.75) is 69.4 Å². The summed E-state index contributed by atoms with van der Waals surface area (Å²) < 4.78 is 31.1. The molecule has 0 unspecified atom stereocenters. The third kappa shape index (κ3) is 4.91. The molecule has 1 aromatic carbocycles. The molecule has 180 valence electrons. The second-order valence-electron chi connectivity index (χ2n) is 9.39. The summed E-state index contributed by atoms with van der Waals surface area (Å²) in [5.41, 5.74) is -0.741.